The minimum Gasteiger partial charge on any atom is -0.480 e. The van der Waals surface area contributed by atoms with Gasteiger partial charge < -0.3 is 20.4 Å². The van der Waals surface area contributed by atoms with Gasteiger partial charge in [0.1, 0.15) is 18.4 Å². The molecular formula is C30H52N4O4S. The number of anilines is 2. The molecule has 0 radical (unpaired) electrons. The van der Waals surface area contributed by atoms with Crippen molar-refractivity contribution in [3.05, 3.63) is 23.9 Å². The maximum absolute atomic E-state index is 11.7. The lowest BCUT2D eigenvalue weighted by molar-refractivity contribution is -0.137. The zero-order chi connectivity index (χ0) is 29.2. The zero-order valence-electron chi connectivity index (χ0n) is 25.0. The number of likely N-dealkylation sites (N-methyl/N-ethyl adjacent to an activating group) is 1. The van der Waals surface area contributed by atoms with E-state index in [1.54, 1.807) is 24.9 Å². The van der Waals surface area contributed by atoms with E-state index in [0.29, 0.717) is 11.6 Å². The zero-order valence-corrected chi connectivity index (χ0v) is 25.8. The van der Waals surface area contributed by atoms with E-state index < -0.39 is 18.0 Å². The van der Waals surface area contributed by atoms with Gasteiger partial charge in [-0.15, -0.1) is 0 Å². The summed E-state index contributed by atoms with van der Waals surface area (Å²) >= 11 is 1.55. The van der Waals surface area contributed by atoms with E-state index in [-0.39, 0.29) is 12.5 Å². The van der Waals surface area contributed by atoms with Crippen molar-refractivity contribution in [3.8, 4) is 0 Å². The highest BCUT2D eigenvalue weighted by Gasteiger charge is 2.19. The average molecular weight is 565 g/mol. The Kier molecular flexibility index (Phi) is 17.6. The van der Waals surface area contributed by atoms with Crippen molar-refractivity contribution in [1.82, 2.24) is 9.97 Å². The number of allylic oxidation sites excluding steroid dienone is 1. The number of carboxylic acids is 2. The van der Waals surface area contributed by atoms with Gasteiger partial charge in [-0.2, -0.15) is 16.7 Å². The lowest BCUT2D eigenvalue weighted by atomic mass is 9.91. The van der Waals surface area contributed by atoms with Crippen LogP contribution in [-0.4, -0.2) is 63.3 Å². The Labute approximate surface area is 240 Å². The summed E-state index contributed by atoms with van der Waals surface area (Å²) in [5.41, 5.74) is 1.35. The number of carbonyl (C=O) groups is 2. The molecule has 0 bridgehead atoms. The average Bonchev–Trinajstić information content (AvgIpc) is 2.85. The predicted octanol–water partition coefficient (Wildman–Crippen LogP) is 6.98. The van der Waals surface area contributed by atoms with Crippen LogP contribution in [0.2, 0.25) is 0 Å². The van der Waals surface area contributed by atoms with Crippen molar-refractivity contribution in [1.29, 1.82) is 0 Å². The fraction of sp³-hybridized carbons (Fsp3) is 0.733. The molecule has 0 fully saturated rings. The van der Waals surface area contributed by atoms with Gasteiger partial charge in [0.2, 0.25) is 5.95 Å². The second-order valence-electron chi connectivity index (χ2n) is 11.5. The Hall–Kier alpha value is -2.29. The molecule has 0 spiro atoms. The highest BCUT2D eigenvalue weighted by molar-refractivity contribution is 7.99. The first-order chi connectivity index (χ1) is 18.5. The van der Waals surface area contributed by atoms with Crippen LogP contribution in [0.15, 0.2) is 23.9 Å². The molecule has 0 aliphatic heterocycles. The fourth-order valence-corrected chi connectivity index (χ4v) is 5.44. The third-order valence-corrected chi connectivity index (χ3v) is 7.95. The summed E-state index contributed by atoms with van der Waals surface area (Å²) in [6.07, 6.45) is 15.3. The second kappa shape index (κ2) is 19.7. The monoisotopic (exact) mass is 564 g/mol. The molecule has 0 saturated heterocycles. The lowest BCUT2D eigenvalue weighted by Crippen LogP contribution is -2.33. The van der Waals surface area contributed by atoms with E-state index in [2.05, 4.69) is 56.0 Å². The van der Waals surface area contributed by atoms with Crippen LogP contribution in [0.4, 0.5) is 11.8 Å². The molecule has 0 amide bonds. The van der Waals surface area contributed by atoms with Gasteiger partial charge in [0.05, 0.1) is 0 Å². The molecule has 2 unspecified atom stereocenters. The summed E-state index contributed by atoms with van der Waals surface area (Å²) in [5, 5.41) is 21.4. The molecule has 1 heterocycles. The van der Waals surface area contributed by atoms with Crippen molar-refractivity contribution >= 4 is 35.5 Å². The fourth-order valence-electron chi connectivity index (χ4n) is 4.44. The summed E-state index contributed by atoms with van der Waals surface area (Å²) in [4.78, 5) is 32.5. The van der Waals surface area contributed by atoms with Gasteiger partial charge in [-0.3, -0.25) is 4.79 Å². The van der Waals surface area contributed by atoms with Gasteiger partial charge in [0.25, 0.3) is 0 Å². The van der Waals surface area contributed by atoms with Crippen LogP contribution < -0.4 is 10.2 Å². The summed E-state index contributed by atoms with van der Waals surface area (Å²) < 4.78 is 0. The van der Waals surface area contributed by atoms with E-state index in [0.717, 1.165) is 29.9 Å². The minimum absolute atomic E-state index is 0.166. The van der Waals surface area contributed by atoms with E-state index in [4.69, 9.17) is 5.11 Å². The first kappa shape index (κ1) is 34.7. The molecule has 0 aromatic carbocycles. The summed E-state index contributed by atoms with van der Waals surface area (Å²) in [5.74, 6) is 2.17. The minimum atomic E-state index is -0.977. The number of hydrogen-bond acceptors (Lipinski definition) is 7. The molecule has 8 nitrogen and oxygen atoms in total. The first-order valence-electron chi connectivity index (χ1n) is 14.5. The Balaban J connectivity index is 2.31. The molecule has 39 heavy (non-hydrogen) atoms. The van der Waals surface area contributed by atoms with E-state index in [9.17, 15) is 14.7 Å². The van der Waals surface area contributed by atoms with Crippen molar-refractivity contribution in [2.24, 2.45) is 17.8 Å². The molecule has 3 atom stereocenters. The Morgan fingerprint density at radius 1 is 1.03 bits per heavy atom. The van der Waals surface area contributed by atoms with Crippen LogP contribution in [0.5, 0.6) is 0 Å². The Morgan fingerprint density at radius 2 is 1.64 bits per heavy atom. The first-order valence-corrected chi connectivity index (χ1v) is 15.6. The van der Waals surface area contributed by atoms with Crippen LogP contribution >= 0.6 is 11.8 Å². The van der Waals surface area contributed by atoms with Gasteiger partial charge in [0, 0.05) is 24.8 Å². The van der Waals surface area contributed by atoms with Crippen LogP contribution in [0.1, 0.15) is 92.4 Å². The number of thioether (sulfide) groups is 1. The largest absolute Gasteiger partial charge is 0.480 e. The van der Waals surface area contributed by atoms with Crippen LogP contribution in [0, 0.1) is 17.8 Å². The number of carboxylic acid groups (broad SMARTS) is 2. The normalized spacial score (nSPS) is 14.2. The summed E-state index contributed by atoms with van der Waals surface area (Å²) in [6, 6.07) is 0.742. The SMILES string of the molecule is C/C(=C\CSC[C@H](Nc1nccc(N(C)CC(=O)O)n1)C(=O)O)CCCC(C)CCCC(C)CCCC(C)C. The van der Waals surface area contributed by atoms with Gasteiger partial charge in [0.15, 0.2) is 0 Å². The van der Waals surface area contributed by atoms with Gasteiger partial charge in [-0.1, -0.05) is 84.3 Å². The van der Waals surface area contributed by atoms with E-state index in [1.165, 1.54) is 68.0 Å². The van der Waals surface area contributed by atoms with Crippen LogP contribution in [0.3, 0.4) is 0 Å². The summed E-state index contributed by atoms with van der Waals surface area (Å²) in [7, 11) is 1.61. The highest BCUT2D eigenvalue weighted by atomic mass is 32.2. The topological polar surface area (TPSA) is 116 Å². The molecular weight excluding hydrogens is 512 g/mol. The third kappa shape index (κ3) is 17.1. The van der Waals surface area contributed by atoms with E-state index in [1.807, 2.05) is 0 Å². The second-order valence-corrected chi connectivity index (χ2v) is 12.5. The maximum Gasteiger partial charge on any atom is 0.327 e. The standard InChI is InChI=1S/C30H52N4O4S/c1-22(2)10-7-11-23(3)12-8-13-24(4)14-9-15-25(5)17-19-39-21-26(29(37)38)32-30-31-18-16-27(33-30)34(6)20-28(35)36/h16-18,22-24,26H,7-15,19-21H2,1-6H3,(H,35,36)(H,37,38)(H,31,32,33)/b25-17+/t23?,24?,26-/m0/s1. The Bertz CT molecular complexity index is 880. The van der Waals surface area contributed by atoms with Gasteiger partial charge >= 0.3 is 11.9 Å². The number of nitrogens with zero attached hydrogens (tertiary/aromatic N) is 3. The lowest BCUT2D eigenvalue weighted by Gasteiger charge is -2.18. The quantitative estimate of drug-likeness (QED) is 0.101. The van der Waals surface area contributed by atoms with Crippen molar-refractivity contribution < 1.29 is 19.8 Å². The highest BCUT2D eigenvalue weighted by Crippen LogP contribution is 2.22. The van der Waals surface area contributed by atoms with Gasteiger partial charge in [-0.05, 0) is 43.6 Å². The summed E-state index contributed by atoms with van der Waals surface area (Å²) in [6.45, 7) is 11.3. The molecule has 3 N–H and O–H groups in total. The Morgan fingerprint density at radius 3 is 2.23 bits per heavy atom. The molecule has 0 aliphatic rings. The molecule has 0 aliphatic carbocycles. The number of aliphatic carboxylic acids is 2. The number of rotatable bonds is 22. The molecule has 9 heteroatoms. The molecule has 1 aromatic rings. The number of hydrogen-bond donors (Lipinski definition) is 3. The number of nitrogens with one attached hydrogen (secondary N) is 1. The molecule has 1 aromatic heterocycles. The molecule has 1 rings (SSSR count). The maximum atomic E-state index is 11.7. The van der Waals surface area contributed by atoms with Crippen molar-refractivity contribution in [2.45, 2.75) is 98.4 Å². The smallest absolute Gasteiger partial charge is 0.327 e. The van der Waals surface area contributed by atoms with Crippen LogP contribution in [0.25, 0.3) is 0 Å². The molecule has 222 valence electrons. The van der Waals surface area contributed by atoms with Crippen molar-refractivity contribution in [3.63, 3.8) is 0 Å². The van der Waals surface area contributed by atoms with Crippen LogP contribution in [-0.2, 0) is 9.59 Å². The number of aromatic nitrogens is 2. The third-order valence-electron chi connectivity index (χ3n) is 6.98. The van der Waals surface area contributed by atoms with Crippen molar-refractivity contribution in [2.75, 3.05) is 35.3 Å². The van der Waals surface area contributed by atoms with E-state index >= 15 is 0 Å². The predicted molar refractivity (Wildman–Crippen MR) is 164 cm³/mol. The molecule has 0 saturated carbocycles. The van der Waals surface area contributed by atoms with Gasteiger partial charge in [-0.25, -0.2) is 9.78 Å².